The van der Waals surface area contributed by atoms with E-state index in [2.05, 4.69) is 6.58 Å². The van der Waals surface area contributed by atoms with Gasteiger partial charge in [0.1, 0.15) is 23.9 Å². The number of benzene rings is 2. The summed E-state index contributed by atoms with van der Waals surface area (Å²) in [5, 5.41) is 0.565. The molecule has 172 valence electrons. The summed E-state index contributed by atoms with van der Waals surface area (Å²) in [7, 11) is 1.39. The van der Waals surface area contributed by atoms with Gasteiger partial charge in [0.05, 0.1) is 12.1 Å². The largest absolute Gasteiger partial charge is 0.496 e. The van der Waals surface area contributed by atoms with E-state index >= 15 is 0 Å². The Labute approximate surface area is 201 Å². The molecule has 4 bridgehead atoms. The summed E-state index contributed by atoms with van der Waals surface area (Å²) in [6.45, 7) is 4.28. The van der Waals surface area contributed by atoms with Crippen molar-refractivity contribution in [1.82, 2.24) is 0 Å². The summed E-state index contributed by atoms with van der Waals surface area (Å²) in [4.78, 5) is 0. The fourth-order valence-electron chi connectivity index (χ4n) is 6.34. The van der Waals surface area contributed by atoms with E-state index in [1.54, 1.807) is 25.3 Å². The summed E-state index contributed by atoms with van der Waals surface area (Å²) in [5.41, 5.74) is 4.17. The van der Waals surface area contributed by atoms with Gasteiger partial charge in [0, 0.05) is 11.1 Å². The minimum absolute atomic E-state index is 0.340. The molecule has 0 unspecified atom stereocenters. The van der Waals surface area contributed by atoms with Crippen LogP contribution >= 0.6 is 20.3 Å². The predicted molar refractivity (Wildman–Crippen MR) is 132 cm³/mol. The van der Waals surface area contributed by atoms with Gasteiger partial charge in [-0.3, -0.25) is 0 Å². The zero-order valence-electron chi connectivity index (χ0n) is 18.8. The lowest BCUT2D eigenvalue weighted by atomic mass is 9.54. The minimum Gasteiger partial charge on any atom is -0.496 e. The van der Waals surface area contributed by atoms with E-state index in [0.717, 1.165) is 34.3 Å². The van der Waals surface area contributed by atoms with Crippen LogP contribution in [-0.4, -0.2) is 7.11 Å². The highest BCUT2D eigenvalue weighted by Gasteiger charge is 2.47. The molecule has 4 saturated carbocycles. The molecule has 0 aliphatic heterocycles. The highest BCUT2D eigenvalue weighted by Crippen LogP contribution is 2.58. The number of rotatable bonds is 8. The van der Waals surface area contributed by atoms with Gasteiger partial charge in [-0.1, -0.05) is 42.5 Å². The smallest absolute Gasteiger partial charge is 0.395 e. The Morgan fingerprint density at radius 1 is 1.06 bits per heavy atom. The van der Waals surface area contributed by atoms with E-state index in [9.17, 15) is 4.57 Å². The van der Waals surface area contributed by atoms with Gasteiger partial charge in [-0.05, 0) is 85.1 Å². The highest BCUT2D eigenvalue weighted by molar-refractivity contribution is 7.17. The normalized spacial score (nSPS) is 25.2. The molecule has 0 spiro atoms. The molecule has 2 aromatic rings. The molecule has 6 heteroatoms. The average Bonchev–Trinajstić information content (AvgIpc) is 2.81. The molecular weight excluding hydrogens is 455 g/mol. The van der Waals surface area contributed by atoms with Crippen LogP contribution in [0.15, 0.2) is 48.6 Å². The quantitative estimate of drug-likeness (QED) is 0.283. The molecule has 0 aromatic heterocycles. The maximum absolute atomic E-state index is 10.6. The number of allylic oxidation sites excluding steroid dienone is 1. The third-order valence-electron chi connectivity index (χ3n) is 7.53. The van der Waals surface area contributed by atoms with Crippen molar-refractivity contribution in [3.63, 3.8) is 0 Å². The number of hydrogen-bond donors (Lipinski definition) is 0. The van der Waals surface area contributed by atoms with Gasteiger partial charge >= 0.3 is 8.69 Å². The first kappa shape index (κ1) is 22.5. The molecule has 4 aliphatic carbocycles. The van der Waals surface area contributed by atoms with Crippen LogP contribution in [0.2, 0.25) is 5.02 Å². The Balaban J connectivity index is 1.46. The summed E-state index contributed by atoms with van der Waals surface area (Å²) in [6.07, 6.45) is 8.31. The van der Waals surface area contributed by atoms with Crippen LogP contribution in [-0.2, 0) is 15.9 Å². The Morgan fingerprint density at radius 3 is 2.30 bits per heavy atom. The summed E-state index contributed by atoms with van der Waals surface area (Å²) < 4.78 is 27.8. The van der Waals surface area contributed by atoms with Gasteiger partial charge in [0.2, 0.25) is 0 Å². The number of halogens is 1. The van der Waals surface area contributed by atoms with Gasteiger partial charge in [0.25, 0.3) is 0 Å². The molecule has 0 radical (unpaired) electrons. The Bertz CT molecular complexity index is 1060. The fourth-order valence-corrected chi connectivity index (χ4v) is 6.87. The maximum atomic E-state index is 10.6. The van der Waals surface area contributed by atoms with Crippen molar-refractivity contribution < 1.29 is 18.6 Å². The molecule has 0 N–H and O–H groups in total. The maximum Gasteiger partial charge on any atom is 0.395 e. The minimum atomic E-state index is -0.371. The molecular formula is C27H28ClO4P. The Kier molecular flexibility index (Phi) is 6.49. The Morgan fingerprint density at radius 2 is 1.73 bits per heavy atom. The zero-order valence-corrected chi connectivity index (χ0v) is 20.4. The molecule has 2 aromatic carbocycles. The van der Waals surface area contributed by atoms with Crippen LogP contribution in [0.4, 0.5) is 0 Å². The second-order valence-corrected chi connectivity index (χ2v) is 10.2. The lowest BCUT2D eigenvalue weighted by Crippen LogP contribution is -2.40. The molecule has 4 nitrogen and oxygen atoms in total. The van der Waals surface area contributed by atoms with Gasteiger partial charge in [-0.25, -0.2) is 4.57 Å². The number of methoxy groups -OCH3 is 1. The predicted octanol–water partition coefficient (Wildman–Crippen LogP) is 7.96. The third-order valence-corrected chi connectivity index (χ3v) is 8.19. The second kappa shape index (κ2) is 9.52. The second-order valence-electron chi connectivity index (χ2n) is 9.44. The molecule has 33 heavy (non-hydrogen) atoms. The topological polar surface area (TPSA) is 44.8 Å². The van der Waals surface area contributed by atoms with E-state index in [-0.39, 0.29) is 8.69 Å². The lowest BCUT2D eigenvalue weighted by Gasteiger charge is -2.51. The van der Waals surface area contributed by atoms with Crippen LogP contribution in [0, 0.1) is 23.7 Å². The molecule has 6 rings (SSSR count). The molecule has 4 fully saturated rings. The Hall–Kier alpha value is -2.29. The van der Waals surface area contributed by atoms with Crippen molar-refractivity contribution in [2.75, 3.05) is 7.11 Å². The van der Waals surface area contributed by atoms with Crippen molar-refractivity contribution in [3.05, 3.63) is 70.3 Å². The van der Waals surface area contributed by atoms with E-state index in [0.29, 0.717) is 35.0 Å². The van der Waals surface area contributed by atoms with Crippen molar-refractivity contribution in [3.8, 4) is 11.5 Å². The molecule has 0 heterocycles. The molecule has 0 saturated heterocycles. The number of ether oxygens (including phenoxy) is 2. The van der Waals surface area contributed by atoms with E-state index in [1.165, 1.54) is 37.7 Å². The van der Waals surface area contributed by atoms with Gasteiger partial charge < -0.3 is 14.0 Å². The highest BCUT2D eigenvalue weighted by atomic mass is 35.5. The first-order valence-electron chi connectivity index (χ1n) is 11.6. The molecule has 0 amide bonds. The van der Waals surface area contributed by atoms with Crippen molar-refractivity contribution >= 4 is 32.1 Å². The molecule has 4 aliphatic rings. The summed E-state index contributed by atoms with van der Waals surface area (Å²) in [5.74, 6) is 5.09. The van der Waals surface area contributed by atoms with Crippen LogP contribution in [0.25, 0.3) is 11.8 Å². The van der Waals surface area contributed by atoms with Crippen molar-refractivity contribution in [2.24, 2.45) is 23.7 Å². The third kappa shape index (κ3) is 4.32. The van der Waals surface area contributed by atoms with E-state index in [4.69, 9.17) is 25.6 Å². The first-order chi connectivity index (χ1) is 16.1. The zero-order chi connectivity index (χ0) is 22.9. The lowest BCUT2D eigenvalue weighted by molar-refractivity contribution is 0.0675. The summed E-state index contributed by atoms with van der Waals surface area (Å²) >= 11 is 6.97. The summed E-state index contributed by atoms with van der Waals surface area (Å²) in [6, 6.07) is 11.3. The van der Waals surface area contributed by atoms with Crippen LogP contribution in [0.5, 0.6) is 11.5 Å². The van der Waals surface area contributed by atoms with E-state index < -0.39 is 0 Å². The van der Waals surface area contributed by atoms with Crippen molar-refractivity contribution in [1.29, 1.82) is 0 Å². The van der Waals surface area contributed by atoms with Crippen LogP contribution < -0.4 is 9.26 Å². The van der Waals surface area contributed by atoms with Gasteiger partial charge in [-0.15, -0.1) is 0 Å². The fraction of sp³-hybridized carbons (Fsp3) is 0.407. The van der Waals surface area contributed by atoms with Gasteiger partial charge in [0.15, 0.2) is 0 Å². The average molecular weight is 483 g/mol. The SMILES string of the molecule is C=Cc1ccc(C(OC)=C2C3CC4CC(C3)CC2C4)c(Cl)c1OCc1ccc(OP=O)cc1. The first-order valence-corrected chi connectivity index (χ1v) is 12.7. The molecule has 0 atom stereocenters. The van der Waals surface area contributed by atoms with E-state index in [1.807, 2.05) is 24.3 Å². The van der Waals surface area contributed by atoms with Gasteiger partial charge in [-0.2, -0.15) is 0 Å². The van der Waals surface area contributed by atoms with Crippen LogP contribution in [0.1, 0.15) is 48.8 Å². The monoisotopic (exact) mass is 482 g/mol. The van der Waals surface area contributed by atoms with Crippen molar-refractivity contribution in [2.45, 2.75) is 38.7 Å². The number of hydrogen-bond acceptors (Lipinski definition) is 4. The van der Waals surface area contributed by atoms with Crippen LogP contribution in [0.3, 0.4) is 0 Å². The standard InChI is InChI=1S/C27H28ClO4P/c1-3-19-6-9-23(25(28)26(19)31-15-16-4-7-22(8-5-16)32-33-29)27(30-2)24-20-11-17-10-18(13-20)14-21(24)12-17/h3-9,17-18,20-21H,1,10-15H2,2H3.